The van der Waals surface area contributed by atoms with Crippen LogP contribution in [0.1, 0.15) is 48.8 Å². The van der Waals surface area contributed by atoms with Gasteiger partial charge in [0, 0.05) is 36.6 Å². The molecular weight excluding hydrogens is 316 g/mol. The zero-order valence-electron chi connectivity index (χ0n) is 15.6. The van der Waals surface area contributed by atoms with Crippen molar-refractivity contribution in [3.05, 3.63) is 46.3 Å². The molecule has 0 aliphatic carbocycles. The number of aryl methyl sites for hydroxylation is 2. The predicted octanol–water partition coefficient (Wildman–Crippen LogP) is 3.89. The van der Waals surface area contributed by atoms with Gasteiger partial charge in [0.15, 0.2) is 0 Å². The van der Waals surface area contributed by atoms with E-state index in [-0.39, 0.29) is 6.09 Å². The van der Waals surface area contributed by atoms with Crippen molar-refractivity contribution < 1.29 is 9.53 Å². The van der Waals surface area contributed by atoms with Crippen LogP contribution < -0.4 is 5.32 Å². The van der Waals surface area contributed by atoms with Crippen LogP contribution in [-0.4, -0.2) is 26.8 Å². The Hall–Kier alpha value is -2.50. The summed E-state index contributed by atoms with van der Waals surface area (Å²) >= 11 is 0. The molecular formula is C19H26N4O2. The van der Waals surface area contributed by atoms with Gasteiger partial charge in [0.2, 0.25) is 0 Å². The molecule has 2 aromatic rings. The number of aromatic amines is 1. The molecule has 2 N–H and O–H groups in total. The number of carbonyl (C=O) groups is 1. The average Bonchev–Trinajstić information content (AvgIpc) is 3.07. The van der Waals surface area contributed by atoms with Crippen molar-refractivity contribution in [2.45, 2.75) is 59.9 Å². The number of anilines is 1. The molecule has 0 saturated heterocycles. The van der Waals surface area contributed by atoms with Crippen molar-refractivity contribution in [3.8, 4) is 0 Å². The fourth-order valence-electron chi connectivity index (χ4n) is 2.99. The average molecular weight is 342 g/mol. The third-order valence-electron chi connectivity index (χ3n) is 4.33. The van der Waals surface area contributed by atoms with Crippen molar-refractivity contribution in [2.24, 2.45) is 0 Å². The number of H-pyrrole nitrogens is 1. The predicted molar refractivity (Wildman–Crippen MR) is 97.3 cm³/mol. The molecule has 0 radical (unpaired) electrons. The van der Waals surface area contributed by atoms with E-state index in [1.165, 1.54) is 11.1 Å². The first-order chi connectivity index (χ1) is 11.7. The number of benzene rings is 1. The monoisotopic (exact) mass is 342 g/mol. The minimum Gasteiger partial charge on any atom is -0.444 e. The van der Waals surface area contributed by atoms with Gasteiger partial charge >= 0.3 is 6.09 Å². The number of aromatic nitrogens is 2. The standard InChI is InChI=1S/C19H26N4O2/c1-12-17(13(2)22-21-12)9-20-16-7-6-14-10-23(11-15(14)8-16)18(24)25-19(3,4)5/h6-8,20H,9-11H2,1-5H3,(H,21,22). The van der Waals surface area contributed by atoms with Crippen LogP contribution >= 0.6 is 0 Å². The smallest absolute Gasteiger partial charge is 0.410 e. The second-order valence-corrected chi connectivity index (χ2v) is 7.59. The molecule has 1 aliphatic rings. The first-order valence-corrected chi connectivity index (χ1v) is 8.57. The first-order valence-electron chi connectivity index (χ1n) is 8.57. The number of fused-ring (bicyclic) bond motifs is 1. The lowest BCUT2D eigenvalue weighted by atomic mass is 10.1. The van der Waals surface area contributed by atoms with E-state index in [0.717, 1.165) is 29.2 Å². The highest BCUT2D eigenvalue weighted by molar-refractivity contribution is 5.69. The van der Waals surface area contributed by atoms with Crippen LogP contribution in [0.3, 0.4) is 0 Å². The molecule has 1 amide bonds. The second-order valence-electron chi connectivity index (χ2n) is 7.59. The van der Waals surface area contributed by atoms with Gasteiger partial charge in [0.1, 0.15) is 5.60 Å². The van der Waals surface area contributed by atoms with Crippen LogP contribution in [0, 0.1) is 13.8 Å². The molecule has 0 atom stereocenters. The molecule has 3 rings (SSSR count). The Morgan fingerprint density at radius 3 is 2.64 bits per heavy atom. The Bertz CT molecular complexity index is 770. The SMILES string of the molecule is Cc1n[nH]c(C)c1CNc1ccc2c(c1)CN(C(=O)OC(C)(C)C)C2. The van der Waals surface area contributed by atoms with Crippen LogP contribution in [0.2, 0.25) is 0 Å². The summed E-state index contributed by atoms with van der Waals surface area (Å²) < 4.78 is 5.47. The van der Waals surface area contributed by atoms with Gasteiger partial charge in [0.05, 0.1) is 5.69 Å². The summed E-state index contributed by atoms with van der Waals surface area (Å²) in [6.45, 7) is 11.6. The third-order valence-corrected chi connectivity index (χ3v) is 4.33. The topological polar surface area (TPSA) is 70.2 Å². The zero-order chi connectivity index (χ0) is 18.2. The van der Waals surface area contributed by atoms with Gasteiger partial charge in [-0.2, -0.15) is 5.10 Å². The third kappa shape index (κ3) is 3.95. The van der Waals surface area contributed by atoms with Gasteiger partial charge in [-0.3, -0.25) is 10.00 Å². The number of hydrogen-bond donors (Lipinski definition) is 2. The number of carbonyl (C=O) groups excluding carboxylic acids is 1. The lowest BCUT2D eigenvalue weighted by Crippen LogP contribution is -2.33. The summed E-state index contributed by atoms with van der Waals surface area (Å²) in [7, 11) is 0. The summed E-state index contributed by atoms with van der Waals surface area (Å²) in [5, 5.41) is 10.7. The van der Waals surface area contributed by atoms with Crippen molar-refractivity contribution in [1.82, 2.24) is 15.1 Å². The number of hydrogen-bond acceptors (Lipinski definition) is 4. The van der Waals surface area contributed by atoms with Gasteiger partial charge in [-0.25, -0.2) is 4.79 Å². The fourth-order valence-corrected chi connectivity index (χ4v) is 2.99. The van der Waals surface area contributed by atoms with E-state index in [1.807, 2.05) is 34.6 Å². The lowest BCUT2D eigenvalue weighted by molar-refractivity contribution is 0.0242. The number of nitrogens with zero attached hydrogens (tertiary/aromatic N) is 2. The van der Waals surface area contributed by atoms with Crippen LogP contribution in [0.25, 0.3) is 0 Å². The largest absolute Gasteiger partial charge is 0.444 e. The summed E-state index contributed by atoms with van der Waals surface area (Å²) in [6, 6.07) is 6.25. The Labute approximate surface area is 148 Å². The normalized spacial score (nSPS) is 13.7. The minimum atomic E-state index is -0.473. The Kier molecular flexibility index (Phi) is 4.45. The number of ether oxygens (including phenoxy) is 1. The van der Waals surface area contributed by atoms with Crippen LogP contribution in [0.15, 0.2) is 18.2 Å². The molecule has 6 heteroatoms. The van der Waals surface area contributed by atoms with Crippen molar-refractivity contribution in [1.29, 1.82) is 0 Å². The van der Waals surface area contributed by atoms with Crippen LogP contribution in [-0.2, 0) is 24.4 Å². The van der Waals surface area contributed by atoms with Crippen LogP contribution in [0.5, 0.6) is 0 Å². The number of rotatable bonds is 3. The molecule has 0 saturated carbocycles. The molecule has 134 valence electrons. The number of amides is 1. The molecule has 1 aromatic carbocycles. The Balaban J connectivity index is 1.65. The second kappa shape index (κ2) is 6.43. The van der Waals surface area contributed by atoms with Gasteiger partial charge < -0.3 is 10.1 Å². The highest BCUT2D eigenvalue weighted by Crippen LogP contribution is 2.27. The molecule has 0 unspecified atom stereocenters. The highest BCUT2D eigenvalue weighted by Gasteiger charge is 2.27. The fraction of sp³-hybridized carbons (Fsp3) is 0.474. The molecule has 25 heavy (non-hydrogen) atoms. The highest BCUT2D eigenvalue weighted by atomic mass is 16.6. The maximum Gasteiger partial charge on any atom is 0.410 e. The van der Waals surface area contributed by atoms with E-state index in [9.17, 15) is 4.79 Å². The first kappa shape index (κ1) is 17.3. The molecule has 0 fully saturated rings. The van der Waals surface area contributed by atoms with E-state index in [2.05, 4.69) is 33.7 Å². The van der Waals surface area contributed by atoms with Gasteiger partial charge in [-0.05, 0) is 57.9 Å². The lowest BCUT2D eigenvalue weighted by Gasteiger charge is -2.24. The van der Waals surface area contributed by atoms with Crippen molar-refractivity contribution in [3.63, 3.8) is 0 Å². The van der Waals surface area contributed by atoms with Gasteiger partial charge in [-0.1, -0.05) is 6.07 Å². The van der Waals surface area contributed by atoms with Crippen molar-refractivity contribution >= 4 is 11.8 Å². The quantitative estimate of drug-likeness (QED) is 0.888. The summed E-state index contributed by atoms with van der Waals surface area (Å²) in [5.41, 5.74) is 6.20. The van der Waals surface area contributed by atoms with Crippen LogP contribution in [0.4, 0.5) is 10.5 Å². The van der Waals surface area contributed by atoms with Gasteiger partial charge in [0.25, 0.3) is 0 Å². The zero-order valence-corrected chi connectivity index (χ0v) is 15.6. The maximum absolute atomic E-state index is 12.2. The number of nitrogens with one attached hydrogen (secondary N) is 2. The minimum absolute atomic E-state index is 0.261. The molecule has 2 heterocycles. The maximum atomic E-state index is 12.2. The molecule has 0 bridgehead atoms. The van der Waals surface area contributed by atoms with E-state index >= 15 is 0 Å². The van der Waals surface area contributed by atoms with E-state index in [4.69, 9.17) is 4.74 Å². The Morgan fingerprint density at radius 2 is 2.00 bits per heavy atom. The summed E-state index contributed by atoms with van der Waals surface area (Å²) in [4.78, 5) is 14.0. The van der Waals surface area contributed by atoms with E-state index in [0.29, 0.717) is 13.1 Å². The van der Waals surface area contributed by atoms with E-state index in [1.54, 1.807) is 4.90 Å². The van der Waals surface area contributed by atoms with E-state index < -0.39 is 5.60 Å². The van der Waals surface area contributed by atoms with Gasteiger partial charge in [-0.15, -0.1) is 0 Å². The summed E-state index contributed by atoms with van der Waals surface area (Å²) in [6.07, 6.45) is -0.261. The Morgan fingerprint density at radius 1 is 1.28 bits per heavy atom. The molecule has 1 aromatic heterocycles. The molecule has 6 nitrogen and oxygen atoms in total. The van der Waals surface area contributed by atoms with Crippen molar-refractivity contribution in [2.75, 3.05) is 5.32 Å². The molecule has 1 aliphatic heterocycles. The summed E-state index contributed by atoms with van der Waals surface area (Å²) in [5.74, 6) is 0. The molecule has 0 spiro atoms.